The number of aliphatic hydroxyl groups is 3. The normalized spacial score (nSPS) is 53.1. The minimum Gasteiger partial charge on any atom is -0.462 e. The number of carbonyl (C=O) groups excluding carboxylic acids is 5. The highest BCUT2D eigenvalue weighted by molar-refractivity contribution is 5.70. The number of rotatable bonds is 7. The third kappa shape index (κ3) is 4.24. The van der Waals surface area contributed by atoms with Crippen LogP contribution in [0.5, 0.6) is 0 Å². The molecule has 0 amide bonds. The minimum atomic E-state index is -2.08. The molecule has 53 heavy (non-hydrogen) atoms. The van der Waals surface area contributed by atoms with E-state index in [-0.39, 0.29) is 25.9 Å². The zero-order chi connectivity index (χ0) is 39.2. The Hall–Kier alpha value is -2.93. The van der Waals surface area contributed by atoms with Crippen LogP contribution in [0.4, 0.5) is 0 Å². The topological polar surface area (TPSA) is 243 Å². The molecule has 5 saturated carbocycles. The molecule has 17 nitrogen and oxygen atoms in total. The van der Waals surface area contributed by atoms with Crippen LogP contribution in [0, 0.1) is 39.4 Å². The van der Waals surface area contributed by atoms with Crippen molar-refractivity contribution in [1.29, 1.82) is 0 Å². The average Bonchev–Trinajstić information content (AvgIpc) is 3.84. The van der Waals surface area contributed by atoms with Gasteiger partial charge in [0, 0.05) is 58.3 Å². The van der Waals surface area contributed by atoms with E-state index >= 15 is 0 Å². The van der Waals surface area contributed by atoms with Crippen molar-refractivity contribution < 1.29 is 82.6 Å². The molecular formula is C36H50O17. The van der Waals surface area contributed by atoms with Gasteiger partial charge in [0.15, 0.2) is 18.5 Å². The Balaban J connectivity index is 1.54. The molecule has 296 valence electrons. The van der Waals surface area contributed by atoms with Crippen molar-refractivity contribution in [2.75, 3.05) is 6.61 Å². The molecule has 2 aliphatic heterocycles. The highest BCUT2D eigenvalue weighted by Crippen LogP contribution is 2.91. The van der Waals surface area contributed by atoms with Crippen LogP contribution in [0.25, 0.3) is 0 Å². The highest BCUT2D eigenvalue weighted by Gasteiger charge is 3.10. The van der Waals surface area contributed by atoms with Gasteiger partial charge < -0.3 is 48.5 Å². The third-order valence-electron chi connectivity index (χ3n) is 14.9. The van der Waals surface area contributed by atoms with Crippen LogP contribution < -0.4 is 0 Å². The molecule has 2 saturated heterocycles. The van der Waals surface area contributed by atoms with E-state index in [1.54, 1.807) is 13.8 Å². The van der Waals surface area contributed by atoms with Gasteiger partial charge in [0.05, 0.1) is 23.7 Å². The first-order valence-electron chi connectivity index (χ1n) is 18.1. The van der Waals surface area contributed by atoms with Gasteiger partial charge in [-0.2, -0.15) is 0 Å². The summed E-state index contributed by atoms with van der Waals surface area (Å²) in [6.45, 7) is 12.1. The van der Waals surface area contributed by atoms with Crippen LogP contribution in [0.2, 0.25) is 0 Å². The summed E-state index contributed by atoms with van der Waals surface area (Å²) in [7, 11) is 0. The number of hydrogen-bond donors (Lipinski definition) is 4. The Morgan fingerprint density at radius 2 is 1.36 bits per heavy atom. The second-order valence-electron chi connectivity index (χ2n) is 17.1. The van der Waals surface area contributed by atoms with Gasteiger partial charge in [0.25, 0.3) is 0 Å². The van der Waals surface area contributed by atoms with E-state index < -0.39 is 135 Å². The van der Waals surface area contributed by atoms with Gasteiger partial charge >= 0.3 is 29.8 Å². The van der Waals surface area contributed by atoms with Crippen LogP contribution >= 0.6 is 0 Å². The predicted molar refractivity (Wildman–Crippen MR) is 171 cm³/mol. The lowest BCUT2D eigenvalue weighted by Gasteiger charge is -2.72. The summed E-state index contributed by atoms with van der Waals surface area (Å²) in [5.74, 6) is -6.98. The Morgan fingerprint density at radius 1 is 0.792 bits per heavy atom. The van der Waals surface area contributed by atoms with E-state index in [1.807, 2.05) is 6.92 Å². The van der Waals surface area contributed by atoms with Crippen molar-refractivity contribution in [3.8, 4) is 0 Å². The standard InChI is InChI=1S/C36H50O17/c1-14(47-15(2)37)33-13-46-29(43)24(33)30(7)11-10-21-31(8,23(30)22(48-16(3)38)26(33)49-17(4)39)27(50-18(5)40)28(51-19(6)41)35-32(9,53-45)36(35)25(52-36)20(42)12-34(21,35)44/h14,20-29,42-45H,10-13H2,1-9H3/t14-,20?,21?,22?,23?,24?,25?,26?,27?,28?,29?,30?,31?,32+,33?,34?,35?,36?/m1/s1. The number of hydrogen-bond acceptors (Lipinski definition) is 17. The van der Waals surface area contributed by atoms with Crippen LogP contribution in [0.1, 0.15) is 81.6 Å². The van der Waals surface area contributed by atoms with Crippen LogP contribution in [0.3, 0.4) is 0 Å². The summed E-state index contributed by atoms with van der Waals surface area (Å²) in [6.07, 6.45) is -10.8. The molecule has 2 heterocycles. The molecule has 16 unspecified atom stereocenters. The van der Waals surface area contributed by atoms with Gasteiger partial charge in [-0.05, 0) is 38.0 Å². The van der Waals surface area contributed by atoms with Crippen molar-refractivity contribution >= 4 is 29.8 Å². The van der Waals surface area contributed by atoms with E-state index in [9.17, 15) is 44.5 Å². The molecule has 0 radical (unpaired) electrons. The van der Waals surface area contributed by atoms with Gasteiger partial charge in [0.2, 0.25) is 0 Å². The summed E-state index contributed by atoms with van der Waals surface area (Å²) in [4.78, 5) is 70.2. The fourth-order valence-corrected chi connectivity index (χ4v) is 13.8. The Labute approximate surface area is 305 Å². The summed E-state index contributed by atoms with van der Waals surface area (Å²) >= 11 is 0. The largest absolute Gasteiger partial charge is 0.462 e. The summed E-state index contributed by atoms with van der Waals surface area (Å²) in [5.41, 5.74) is -11.5. The molecule has 2 spiro atoms. The molecule has 18 atom stereocenters. The molecular weight excluding hydrogens is 704 g/mol. The van der Waals surface area contributed by atoms with Crippen molar-refractivity contribution in [1.82, 2.24) is 0 Å². The molecule has 0 aromatic heterocycles. The van der Waals surface area contributed by atoms with Gasteiger partial charge in [-0.1, -0.05) is 13.8 Å². The number of esters is 5. The van der Waals surface area contributed by atoms with Crippen LogP contribution in [-0.2, 0) is 62.0 Å². The second kappa shape index (κ2) is 11.6. The predicted octanol–water partition coefficient (Wildman–Crippen LogP) is 0.564. The zero-order valence-electron chi connectivity index (χ0n) is 31.3. The maximum absolute atomic E-state index is 13.5. The fourth-order valence-electron chi connectivity index (χ4n) is 13.8. The van der Waals surface area contributed by atoms with Gasteiger partial charge in [-0.15, -0.1) is 0 Å². The smallest absolute Gasteiger partial charge is 0.303 e. The van der Waals surface area contributed by atoms with Gasteiger partial charge in [0.1, 0.15) is 41.0 Å². The molecule has 4 N–H and O–H groups in total. The Morgan fingerprint density at radius 3 is 1.91 bits per heavy atom. The monoisotopic (exact) mass is 754 g/mol. The van der Waals surface area contributed by atoms with E-state index in [1.165, 1.54) is 13.8 Å². The maximum atomic E-state index is 13.5. The summed E-state index contributed by atoms with van der Waals surface area (Å²) in [6, 6.07) is 0. The summed E-state index contributed by atoms with van der Waals surface area (Å²) < 4.78 is 42.4. The van der Waals surface area contributed by atoms with Crippen molar-refractivity contribution in [2.24, 2.45) is 39.4 Å². The lowest BCUT2D eigenvalue weighted by molar-refractivity contribution is -0.366. The first-order valence-corrected chi connectivity index (χ1v) is 18.1. The third-order valence-corrected chi connectivity index (χ3v) is 14.9. The Bertz CT molecular complexity index is 1640. The maximum Gasteiger partial charge on any atom is 0.303 e. The Kier molecular flexibility index (Phi) is 8.36. The van der Waals surface area contributed by atoms with Crippen LogP contribution in [-0.4, -0.2) is 123 Å². The number of carbonyl (C=O) groups is 5. The summed E-state index contributed by atoms with van der Waals surface area (Å²) in [5, 5.41) is 47.3. The highest BCUT2D eigenvalue weighted by atomic mass is 17.1. The first-order chi connectivity index (χ1) is 24.5. The number of fused-ring (bicyclic) bond motifs is 6. The molecule has 0 aromatic carbocycles. The number of epoxide rings is 1. The van der Waals surface area contributed by atoms with Gasteiger partial charge in [-0.3, -0.25) is 29.2 Å². The van der Waals surface area contributed by atoms with Crippen molar-refractivity contribution in [2.45, 2.75) is 147 Å². The molecule has 5 aliphatic carbocycles. The quantitative estimate of drug-likeness (QED) is 0.0912. The van der Waals surface area contributed by atoms with E-state index in [0.717, 1.165) is 27.7 Å². The average molecular weight is 755 g/mol. The molecule has 0 aromatic rings. The lowest BCUT2D eigenvalue weighted by Crippen LogP contribution is -2.81. The molecule has 7 fully saturated rings. The van der Waals surface area contributed by atoms with Crippen molar-refractivity contribution in [3.63, 3.8) is 0 Å². The van der Waals surface area contributed by atoms with E-state index in [4.69, 9.17) is 38.0 Å². The van der Waals surface area contributed by atoms with Crippen LogP contribution in [0.15, 0.2) is 0 Å². The van der Waals surface area contributed by atoms with E-state index in [2.05, 4.69) is 0 Å². The first kappa shape index (κ1) is 38.3. The second-order valence-corrected chi connectivity index (χ2v) is 17.1. The lowest BCUT2D eigenvalue weighted by atomic mass is 9.33. The van der Waals surface area contributed by atoms with E-state index in [0.29, 0.717) is 0 Å². The fraction of sp³-hybridized carbons (Fsp3) is 0.861. The van der Waals surface area contributed by atoms with Gasteiger partial charge in [-0.25, -0.2) is 4.89 Å². The minimum absolute atomic E-state index is 0.119. The molecule has 7 aliphatic rings. The molecule has 0 bridgehead atoms. The number of ether oxygens (including phenoxy) is 7. The zero-order valence-corrected chi connectivity index (χ0v) is 31.3. The number of aliphatic hydroxyl groups excluding tert-OH is 2. The van der Waals surface area contributed by atoms with Crippen molar-refractivity contribution in [3.05, 3.63) is 0 Å². The SMILES string of the molecule is CC(=O)OC1C2C(C)(CCC3C2(C)C(OC(C)=O)C(OC(C)=O)C24C3(O)CC(O)C3OC32[C@@]4(C)OO)C2C(O)OCC2([C@@H](C)OC(C)=O)C1OC(C)=O. The molecule has 17 heteroatoms. The molecule has 7 rings (SSSR count).